The number of aliphatic imine (C=N–C) groups is 1. The molecule has 0 aliphatic heterocycles. The molecule has 7 heteroatoms. The summed E-state index contributed by atoms with van der Waals surface area (Å²) in [5.41, 5.74) is 3.55. The monoisotopic (exact) mass is 437 g/mol. The van der Waals surface area contributed by atoms with Gasteiger partial charge < -0.3 is 21.3 Å². The van der Waals surface area contributed by atoms with Gasteiger partial charge in [0.25, 0.3) is 5.91 Å². The average Bonchev–Trinajstić information content (AvgIpc) is 2.81. The molecule has 0 aromatic heterocycles. The van der Waals surface area contributed by atoms with Crippen LogP contribution in [0.3, 0.4) is 0 Å². The van der Waals surface area contributed by atoms with Gasteiger partial charge in [-0.1, -0.05) is 38.1 Å². The van der Waals surface area contributed by atoms with Gasteiger partial charge in [-0.2, -0.15) is 0 Å². The van der Waals surface area contributed by atoms with Crippen molar-refractivity contribution in [1.29, 1.82) is 0 Å². The number of hydrogen-bond acceptors (Lipinski definition) is 3. The fourth-order valence-corrected chi connectivity index (χ4v) is 3.05. The minimum absolute atomic E-state index is 0.0155. The van der Waals surface area contributed by atoms with Gasteiger partial charge in [-0.05, 0) is 55.2 Å². The van der Waals surface area contributed by atoms with Crippen LogP contribution in [-0.2, 0) is 17.8 Å². The zero-order chi connectivity index (χ0) is 23.3. The highest BCUT2D eigenvalue weighted by Gasteiger charge is 2.10. The van der Waals surface area contributed by atoms with E-state index in [9.17, 15) is 9.59 Å². The van der Waals surface area contributed by atoms with Gasteiger partial charge in [0.1, 0.15) is 0 Å². The Balaban J connectivity index is 1.95. The van der Waals surface area contributed by atoms with Crippen molar-refractivity contribution in [2.45, 2.75) is 40.2 Å². The largest absolute Gasteiger partial charge is 0.357 e. The first-order chi connectivity index (χ1) is 15.5. The highest BCUT2D eigenvalue weighted by molar-refractivity contribution is 5.94. The fraction of sp³-hybridized carbons (Fsp3) is 0.400. The summed E-state index contributed by atoms with van der Waals surface area (Å²) in [4.78, 5) is 28.6. The molecule has 0 spiro atoms. The van der Waals surface area contributed by atoms with Crippen molar-refractivity contribution in [3.63, 3.8) is 0 Å². The minimum atomic E-state index is -0.0858. The van der Waals surface area contributed by atoms with Gasteiger partial charge >= 0.3 is 0 Å². The van der Waals surface area contributed by atoms with Crippen molar-refractivity contribution in [2.75, 3.05) is 25.5 Å². The van der Waals surface area contributed by atoms with Crippen LogP contribution in [0.5, 0.6) is 0 Å². The predicted octanol–water partition coefficient (Wildman–Crippen LogP) is 3.33. The maximum absolute atomic E-state index is 12.1. The first-order valence-corrected chi connectivity index (χ1v) is 11.2. The normalized spacial score (nSPS) is 12.1. The van der Waals surface area contributed by atoms with E-state index in [1.807, 2.05) is 63.2 Å². The van der Waals surface area contributed by atoms with Gasteiger partial charge in [0.05, 0.1) is 6.54 Å². The van der Waals surface area contributed by atoms with Crippen LogP contribution in [0.15, 0.2) is 53.5 Å². The Morgan fingerprint density at radius 1 is 1.00 bits per heavy atom. The number of hydrogen-bond donors (Lipinski definition) is 4. The topological polar surface area (TPSA) is 94.6 Å². The molecule has 0 aliphatic carbocycles. The van der Waals surface area contributed by atoms with Crippen LogP contribution in [0.1, 0.15) is 48.7 Å². The van der Waals surface area contributed by atoms with Crippen molar-refractivity contribution < 1.29 is 9.59 Å². The van der Waals surface area contributed by atoms with Gasteiger partial charge in [-0.3, -0.25) is 9.59 Å². The SMILES string of the molecule is CCNC(=NCc1cccc(NC(=O)C(C)CC)c1)NCCc1cccc(C(=O)NC)c1. The summed E-state index contributed by atoms with van der Waals surface area (Å²) in [6, 6.07) is 15.4. The predicted molar refractivity (Wildman–Crippen MR) is 131 cm³/mol. The smallest absolute Gasteiger partial charge is 0.251 e. The lowest BCUT2D eigenvalue weighted by Gasteiger charge is -2.13. The number of nitrogens with zero attached hydrogens (tertiary/aromatic N) is 1. The Morgan fingerprint density at radius 2 is 1.75 bits per heavy atom. The number of benzene rings is 2. The van der Waals surface area contributed by atoms with E-state index < -0.39 is 0 Å². The number of carbonyl (C=O) groups excluding carboxylic acids is 2. The molecular formula is C25H35N5O2. The number of anilines is 1. The molecule has 2 amide bonds. The number of rotatable bonds is 10. The summed E-state index contributed by atoms with van der Waals surface area (Å²) < 4.78 is 0. The van der Waals surface area contributed by atoms with E-state index in [-0.39, 0.29) is 17.7 Å². The van der Waals surface area contributed by atoms with E-state index in [0.717, 1.165) is 42.2 Å². The molecule has 0 bridgehead atoms. The lowest BCUT2D eigenvalue weighted by atomic mass is 10.1. The molecule has 2 aromatic rings. The molecule has 7 nitrogen and oxygen atoms in total. The number of amides is 2. The summed E-state index contributed by atoms with van der Waals surface area (Å²) in [7, 11) is 1.63. The molecule has 0 fully saturated rings. The van der Waals surface area contributed by atoms with Crippen LogP contribution in [-0.4, -0.2) is 37.9 Å². The highest BCUT2D eigenvalue weighted by atomic mass is 16.2. The van der Waals surface area contributed by atoms with E-state index in [0.29, 0.717) is 18.7 Å². The van der Waals surface area contributed by atoms with E-state index in [1.54, 1.807) is 13.1 Å². The Morgan fingerprint density at radius 3 is 2.47 bits per heavy atom. The van der Waals surface area contributed by atoms with Gasteiger partial charge in [0, 0.05) is 37.3 Å². The van der Waals surface area contributed by atoms with Gasteiger partial charge in [0.15, 0.2) is 5.96 Å². The molecule has 1 atom stereocenters. The molecule has 4 N–H and O–H groups in total. The van der Waals surface area contributed by atoms with Crippen LogP contribution in [0, 0.1) is 5.92 Å². The first kappa shape index (κ1) is 24.9. The second kappa shape index (κ2) is 13.1. The average molecular weight is 438 g/mol. The lowest BCUT2D eigenvalue weighted by Crippen LogP contribution is -2.38. The third-order valence-corrected chi connectivity index (χ3v) is 5.14. The van der Waals surface area contributed by atoms with Crippen LogP contribution >= 0.6 is 0 Å². The van der Waals surface area contributed by atoms with Crippen molar-refractivity contribution in [2.24, 2.45) is 10.9 Å². The summed E-state index contributed by atoms with van der Waals surface area (Å²) in [5, 5.41) is 12.2. The lowest BCUT2D eigenvalue weighted by molar-refractivity contribution is -0.119. The second-order valence-electron chi connectivity index (χ2n) is 7.65. The standard InChI is InChI=1S/C25H35N5O2/c1-5-18(3)23(31)30-22-12-8-10-20(16-22)17-29-25(27-6-2)28-14-13-19-9-7-11-21(15-19)24(32)26-4/h7-12,15-16,18H,5-6,13-14,17H2,1-4H3,(H,26,32)(H,30,31)(H2,27,28,29). The van der Waals surface area contributed by atoms with Gasteiger partial charge in [-0.15, -0.1) is 0 Å². The van der Waals surface area contributed by atoms with Crippen molar-refractivity contribution in [1.82, 2.24) is 16.0 Å². The maximum atomic E-state index is 12.1. The van der Waals surface area contributed by atoms with Crippen molar-refractivity contribution in [3.05, 3.63) is 65.2 Å². The highest BCUT2D eigenvalue weighted by Crippen LogP contribution is 2.14. The molecule has 0 radical (unpaired) electrons. The Labute approximate surface area is 191 Å². The van der Waals surface area contributed by atoms with E-state index in [1.165, 1.54) is 0 Å². The molecule has 0 saturated carbocycles. The summed E-state index contributed by atoms with van der Waals surface area (Å²) >= 11 is 0. The van der Waals surface area contributed by atoms with Crippen LogP contribution in [0.2, 0.25) is 0 Å². The zero-order valence-electron chi connectivity index (χ0n) is 19.5. The molecule has 1 unspecified atom stereocenters. The molecule has 0 heterocycles. The van der Waals surface area contributed by atoms with Gasteiger partial charge in [-0.25, -0.2) is 4.99 Å². The third kappa shape index (κ3) is 8.06. The Kier molecular flexibility index (Phi) is 10.2. The van der Waals surface area contributed by atoms with Gasteiger partial charge in [0.2, 0.25) is 5.91 Å². The molecule has 32 heavy (non-hydrogen) atoms. The zero-order valence-corrected chi connectivity index (χ0v) is 19.5. The fourth-order valence-electron chi connectivity index (χ4n) is 3.05. The quantitative estimate of drug-likeness (QED) is 0.339. The van der Waals surface area contributed by atoms with E-state index >= 15 is 0 Å². The molecule has 172 valence electrons. The molecule has 2 aromatic carbocycles. The van der Waals surface area contributed by atoms with Crippen LogP contribution < -0.4 is 21.3 Å². The molecule has 0 aliphatic rings. The Hall–Kier alpha value is -3.35. The first-order valence-electron chi connectivity index (χ1n) is 11.2. The van der Waals surface area contributed by atoms with Crippen molar-refractivity contribution >= 4 is 23.5 Å². The van der Waals surface area contributed by atoms with Crippen LogP contribution in [0.4, 0.5) is 5.69 Å². The molecular weight excluding hydrogens is 402 g/mol. The minimum Gasteiger partial charge on any atom is -0.357 e. The number of carbonyl (C=O) groups is 2. The number of guanidine groups is 1. The third-order valence-electron chi connectivity index (χ3n) is 5.14. The molecule has 2 rings (SSSR count). The van der Waals surface area contributed by atoms with E-state index in [4.69, 9.17) is 0 Å². The summed E-state index contributed by atoms with van der Waals surface area (Å²) in [6.07, 6.45) is 1.58. The van der Waals surface area contributed by atoms with Crippen molar-refractivity contribution in [3.8, 4) is 0 Å². The molecule has 0 saturated heterocycles. The number of nitrogens with one attached hydrogen (secondary N) is 4. The summed E-state index contributed by atoms with van der Waals surface area (Å²) in [6.45, 7) is 7.89. The van der Waals surface area contributed by atoms with Crippen LogP contribution in [0.25, 0.3) is 0 Å². The second-order valence-corrected chi connectivity index (χ2v) is 7.65. The maximum Gasteiger partial charge on any atom is 0.251 e. The van der Waals surface area contributed by atoms with E-state index in [2.05, 4.69) is 26.3 Å². The summed E-state index contributed by atoms with van der Waals surface area (Å²) in [5.74, 6) is 0.656. The Bertz CT molecular complexity index is 926.